The van der Waals surface area contributed by atoms with E-state index in [2.05, 4.69) is 20.4 Å². The van der Waals surface area contributed by atoms with Crippen LogP contribution in [0.25, 0.3) is 0 Å². The summed E-state index contributed by atoms with van der Waals surface area (Å²) in [6.45, 7) is -2.31. The fraction of sp³-hybridized carbons (Fsp3) is 0.316. The third-order valence-electron chi connectivity index (χ3n) is 3.84. The quantitative estimate of drug-likeness (QED) is 0.294. The van der Waals surface area contributed by atoms with Gasteiger partial charge in [0.2, 0.25) is 0 Å². The van der Waals surface area contributed by atoms with Gasteiger partial charge in [-0.3, -0.25) is 4.99 Å². The Hall–Kier alpha value is -2.01. The summed E-state index contributed by atoms with van der Waals surface area (Å²) >= 11 is 5.96. The molecule has 0 aliphatic carbocycles. The van der Waals surface area contributed by atoms with Gasteiger partial charge in [0.1, 0.15) is 5.75 Å². The predicted molar refractivity (Wildman–Crippen MR) is 120 cm³/mol. The van der Waals surface area contributed by atoms with Crippen molar-refractivity contribution in [2.75, 3.05) is 21.3 Å². The highest BCUT2D eigenvalue weighted by Crippen LogP contribution is 2.30. The molecular weight excluding hydrogens is 519 g/mol. The van der Waals surface area contributed by atoms with Gasteiger partial charge < -0.3 is 24.8 Å². The van der Waals surface area contributed by atoms with Crippen LogP contribution in [0.1, 0.15) is 11.1 Å². The van der Waals surface area contributed by atoms with E-state index < -0.39 is 6.61 Å². The smallest absolute Gasteiger partial charge is 0.387 e. The Morgan fingerprint density at radius 2 is 1.72 bits per heavy atom. The number of hydrogen-bond donors (Lipinski definition) is 2. The third kappa shape index (κ3) is 7.39. The lowest BCUT2D eigenvalue weighted by molar-refractivity contribution is -0.0504. The largest absolute Gasteiger partial charge is 0.493 e. The minimum Gasteiger partial charge on any atom is -0.493 e. The fourth-order valence-electron chi connectivity index (χ4n) is 2.57. The van der Waals surface area contributed by atoms with Crippen molar-refractivity contribution < 1.29 is 23.0 Å². The molecule has 0 spiro atoms. The second-order valence-corrected chi connectivity index (χ2v) is 6.00. The minimum atomic E-state index is -2.92. The number of para-hydroxylation sites is 1. The second-order valence-electron chi connectivity index (χ2n) is 5.56. The Morgan fingerprint density at radius 1 is 1.03 bits per heavy atom. The van der Waals surface area contributed by atoms with Crippen LogP contribution < -0.4 is 24.8 Å². The van der Waals surface area contributed by atoms with E-state index in [0.717, 1.165) is 5.56 Å². The lowest BCUT2D eigenvalue weighted by atomic mass is 10.2. The fourth-order valence-corrected chi connectivity index (χ4v) is 2.76. The molecule has 0 radical (unpaired) electrons. The van der Waals surface area contributed by atoms with Crippen LogP contribution in [0.5, 0.6) is 17.2 Å². The minimum absolute atomic E-state index is 0. The normalized spacial score (nSPS) is 10.9. The molecule has 0 unspecified atom stereocenters. The first-order valence-electron chi connectivity index (χ1n) is 8.36. The zero-order valence-corrected chi connectivity index (χ0v) is 19.3. The lowest BCUT2D eigenvalue weighted by Crippen LogP contribution is -2.36. The van der Waals surface area contributed by atoms with Crippen LogP contribution in [0.2, 0.25) is 5.02 Å². The first kappa shape index (κ1) is 25.0. The topological polar surface area (TPSA) is 64.1 Å². The van der Waals surface area contributed by atoms with Crippen molar-refractivity contribution in [1.29, 1.82) is 0 Å². The van der Waals surface area contributed by atoms with Crippen molar-refractivity contribution in [3.63, 3.8) is 0 Å². The number of rotatable bonds is 8. The number of aliphatic imine (C=N–C) groups is 1. The van der Waals surface area contributed by atoms with Gasteiger partial charge in [-0.15, -0.1) is 24.0 Å². The first-order valence-corrected chi connectivity index (χ1v) is 8.74. The average molecular weight is 542 g/mol. The molecule has 2 aromatic rings. The van der Waals surface area contributed by atoms with Crippen LogP contribution in [-0.2, 0) is 13.1 Å². The van der Waals surface area contributed by atoms with Crippen LogP contribution in [0, 0.1) is 0 Å². The van der Waals surface area contributed by atoms with E-state index in [0.29, 0.717) is 34.6 Å². The van der Waals surface area contributed by atoms with Crippen LogP contribution >= 0.6 is 35.6 Å². The van der Waals surface area contributed by atoms with Crippen molar-refractivity contribution in [3.8, 4) is 17.2 Å². The molecule has 0 saturated heterocycles. The Balaban J connectivity index is 0.00000420. The summed E-state index contributed by atoms with van der Waals surface area (Å²) in [6, 6.07) is 10.0. The highest BCUT2D eigenvalue weighted by atomic mass is 127. The molecule has 160 valence electrons. The SMILES string of the molecule is CN=C(NCc1cc(Cl)ccc1OC(F)F)NCc1cccc(OC)c1OC.I. The molecule has 2 N–H and O–H groups in total. The van der Waals surface area contributed by atoms with Crippen molar-refractivity contribution in [2.24, 2.45) is 4.99 Å². The lowest BCUT2D eigenvalue weighted by Gasteiger charge is -2.16. The van der Waals surface area contributed by atoms with E-state index >= 15 is 0 Å². The van der Waals surface area contributed by atoms with Gasteiger partial charge in [-0.2, -0.15) is 8.78 Å². The summed E-state index contributed by atoms with van der Waals surface area (Å²) in [5, 5.41) is 6.60. The molecule has 0 atom stereocenters. The Bertz CT molecular complexity index is 825. The summed E-state index contributed by atoms with van der Waals surface area (Å²) in [5.74, 6) is 1.76. The van der Waals surface area contributed by atoms with E-state index in [1.54, 1.807) is 33.4 Å². The van der Waals surface area contributed by atoms with E-state index in [1.165, 1.54) is 12.1 Å². The average Bonchev–Trinajstić information content (AvgIpc) is 2.69. The summed E-state index contributed by atoms with van der Waals surface area (Å²) in [6.07, 6.45) is 0. The molecule has 29 heavy (non-hydrogen) atoms. The maximum Gasteiger partial charge on any atom is 0.387 e. The molecule has 6 nitrogen and oxygen atoms in total. The molecule has 0 heterocycles. The Kier molecular flexibility index (Phi) is 10.8. The van der Waals surface area contributed by atoms with Gasteiger partial charge in [-0.1, -0.05) is 23.7 Å². The number of nitrogens with one attached hydrogen (secondary N) is 2. The van der Waals surface area contributed by atoms with Crippen LogP contribution in [0.15, 0.2) is 41.4 Å². The highest BCUT2D eigenvalue weighted by molar-refractivity contribution is 14.0. The van der Waals surface area contributed by atoms with Crippen LogP contribution in [-0.4, -0.2) is 33.8 Å². The summed E-state index contributed by atoms with van der Waals surface area (Å²) in [7, 11) is 4.74. The van der Waals surface area contributed by atoms with Crippen molar-refractivity contribution in [1.82, 2.24) is 10.6 Å². The number of guanidine groups is 1. The van der Waals surface area contributed by atoms with Gasteiger partial charge in [0.15, 0.2) is 17.5 Å². The second kappa shape index (κ2) is 12.5. The Morgan fingerprint density at radius 3 is 2.31 bits per heavy atom. The van der Waals surface area contributed by atoms with Crippen molar-refractivity contribution in [2.45, 2.75) is 19.7 Å². The van der Waals surface area contributed by atoms with E-state index in [4.69, 9.17) is 21.1 Å². The number of hydrogen-bond acceptors (Lipinski definition) is 4. The van der Waals surface area contributed by atoms with E-state index in [1.807, 2.05) is 12.1 Å². The molecule has 0 aliphatic heterocycles. The highest BCUT2D eigenvalue weighted by Gasteiger charge is 2.12. The number of ether oxygens (including phenoxy) is 3. The molecule has 0 aromatic heterocycles. The maximum atomic E-state index is 12.6. The molecular formula is C19H23ClF2IN3O3. The van der Waals surface area contributed by atoms with Gasteiger partial charge in [0.05, 0.1) is 14.2 Å². The monoisotopic (exact) mass is 541 g/mol. The first-order chi connectivity index (χ1) is 13.5. The van der Waals surface area contributed by atoms with Gasteiger partial charge in [-0.05, 0) is 24.3 Å². The predicted octanol–water partition coefficient (Wildman–Crippen LogP) is 4.44. The van der Waals surface area contributed by atoms with Crippen LogP contribution in [0.4, 0.5) is 8.78 Å². The Labute approximate surface area is 190 Å². The standard InChI is InChI=1S/C19H22ClF2N3O3.HI/c1-23-19(24-10-12-5-4-6-16(26-2)17(12)27-3)25-11-13-9-14(20)7-8-15(13)28-18(21)22;/h4-9,18H,10-11H2,1-3H3,(H2,23,24,25);1H. The van der Waals surface area contributed by atoms with Crippen molar-refractivity contribution >= 4 is 41.5 Å². The molecule has 10 heteroatoms. The van der Waals surface area contributed by atoms with E-state index in [-0.39, 0.29) is 36.3 Å². The number of methoxy groups -OCH3 is 2. The number of alkyl halides is 2. The molecule has 0 aliphatic rings. The molecule has 0 fully saturated rings. The zero-order valence-electron chi connectivity index (χ0n) is 16.2. The molecule has 0 saturated carbocycles. The van der Waals surface area contributed by atoms with Gasteiger partial charge >= 0.3 is 6.61 Å². The summed E-state index contributed by atoms with van der Waals surface area (Å²) < 4.78 is 40.4. The number of halogens is 4. The van der Waals surface area contributed by atoms with Gasteiger partial charge in [0.25, 0.3) is 0 Å². The number of benzene rings is 2. The summed E-state index contributed by atoms with van der Waals surface area (Å²) in [5.41, 5.74) is 1.35. The van der Waals surface area contributed by atoms with Crippen LogP contribution in [0.3, 0.4) is 0 Å². The molecule has 2 aromatic carbocycles. The zero-order chi connectivity index (χ0) is 20.5. The van der Waals surface area contributed by atoms with Gasteiger partial charge in [0, 0.05) is 36.3 Å². The molecule has 2 rings (SSSR count). The van der Waals surface area contributed by atoms with E-state index in [9.17, 15) is 8.78 Å². The maximum absolute atomic E-state index is 12.6. The number of nitrogens with zero attached hydrogens (tertiary/aromatic N) is 1. The van der Waals surface area contributed by atoms with Crippen molar-refractivity contribution in [3.05, 3.63) is 52.5 Å². The molecule has 0 amide bonds. The van der Waals surface area contributed by atoms with Gasteiger partial charge in [-0.25, -0.2) is 0 Å². The third-order valence-corrected chi connectivity index (χ3v) is 4.07. The summed E-state index contributed by atoms with van der Waals surface area (Å²) in [4.78, 5) is 4.13. The molecule has 0 bridgehead atoms.